The van der Waals surface area contributed by atoms with Crippen molar-refractivity contribution in [1.29, 1.82) is 0 Å². The van der Waals surface area contributed by atoms with Crippen molar-refractivity contribution in [3.63, 3.8) is 0 Å². The van der Waals surface area contributed by atoms with Crippen LogP contribution in [0, 0.1) is 5.92 Å². The molecule has 2 unspecified atom stereocenters. The van der Waals surface area contributed by atoms with E-state index in [1.165, 1.54) is 24.0 Å². The molecule has 0 saturated carbocycles. The van der Waals surface area contributed by atoms with Crippen molar-refractivity contribution >= 4 is 0 Å². The molecule has 1 aliphatic carbocycles. The molecule has 0 bridgehead atoms. The highest BCUT2D eigenvalue weighted by Gasteiger charge is 2.33. The Kier molecular flexibility index (Phi) is 4.87. The molecule has 1 aromatic rings. The Balaban J connectivity index is 2.22. The van der Waals surface area contributed by atoms with Crippen molar-refractivity contribution in [3.05, 3.63) is 35.4 Å². The van der Waals surface area contributed by atoms with E-state index in [1.54, 1.807) is 0 Å². The molecular weight excluding hydrogens is 246 g/mol. The zero-order valence-corrected chi connectivity index (χ0v) is 13.3. The summed E-state index contributed by atoms with van der Waals surface area (Å²) in [5.74, 6) is 0.546. The fraction of sp³-hybridized carbons (Fsp3) is 0.667. The van der Waals surface area contributed by atoms with Crippen LogP contribution in [0.5, 0.6) is 0 Å². The monoisotopic (exact) mass is 275 g/mol. The van der Waals surface area contributed by atoms with E-state index in [9.17, 15) is 5.11 Å². The van der Waals surface area contributed by atoms with Crippen LogP contribution in [0.15, 0.2) is 24.3 Å². The van der Waals surface area contributed by atoms with Crippen LogP contribution in [0.4, 0.5) is 0 Å². The standard InChI is InChI=1S/C18H29NO/c1-13(2)16(10-12-20)19-17-9-11-18(3,4)15-8-6-5-7-14(15)17/h5-8,13,16-17,19-20H,9-12H2,1-4H3. The molecule has 0 fully saturated rings. The number of rotatable bonds is 5. The average molecular weight is 275 g/mol. The van der Waals surface area contributed by atoms with E-state index < -0.39 is 0 Å². The molecule has 112 valence electrons. The number of benzene rings is 1. The molecule has 2 rings (SSSR count). The van der Waals surface area contributed by atoms with Crippen LogP contribution in [0.1, 0.15) is 64.1 Å². The quantitative estimate of drug-likeness (QED) is 0.857. The van der Waals surface area contributed by atoms with Crippen LogP contribution in [0.25, 0.3) is 0 Å². The molecule has 2 nitrogen and oxygen atoms in total. The van der Waals surface area contributed by atoms with Gasteiger partial charge in [-0.25, -0.2) is 0 Å². The van der Waals surface area contributed by atoms with Gasteiger partial charge in [-0.05, 0) is 41.7 Å². The van der Waals surface area contributed by atoms with Gasteiger partial charge in [0, 0.05) is 18.7 Å². The number of aliphatic hydroxyl groups excluding tert-OH is 1. The minimum Gasteiger partial charge on any atom is -0.396 e. The third kappa shape index (κ3) is 3.24. The van der Waals surface area contributed by atoms with E-state index in [2.05, 4.69) is 57.3 Å². The summed E-state index contributed by atoms with van der Waals surface area (Å²) in [7, 11) is 0. The van der Waals surface area contributed by atoms with Crippen molar-refractivity contribution in [2.45, 2.75) is 64.5 Å². The van der Waals surface area contributed by atoms with Crippen molar-refractivity contribution in [3.8, 4) is 0 Å². The van der Waals surface area contributed by atoms with Gasteiger partial charge in [-0.15, -0.1) is 0 Å². The maximum Gasteiger partial charge on any atom is 0.0445 e. The van der Waals surface area contributed by atoms with Gasteiger partial charge in [-0.1, -0.05) is 52.0 Å². The lowest BCUT2D eigenvalue weighted by molar-refractivity contribution is 0.225. The molecule has 1 aliphatic rings. The number of hydrogen-bond acceptors (Lipinski definition) is 2. The number of fused-ring (bicyclic) bond motifs is 1. The fourth-order valence-corrected chi connectivity index (χ4v) is 3.39. The smallest absolute Gasteiger partial charge is 0.0445 e. The van der Waals surface area contributed by atoms with Crippen LogP contribution >= 0.6 is 0 Å². The molecule has 0 heterocycles. The zero-order valence-electron chi connectivity index (χ0n) is 13.3. The van der Waals surface area contributed by atoms with Crippen molar-refractivity contribution in [2.24, 2.45) is 5.92 Å². The lowest BCUT2D eigenvalue weighted by Crippen LogP contribution is -2.41. The summed E-state index contributed by atoms with van der Waals surface area (Å²) < 4.78 is 0. The highest BCUT2D eigenvalue weighted by Crippen LogP contribution is 2.41. The Hall–Kier alpha value is -0.860. The summed E-state index contributed by atoms with van der Waals surface area (Å²) >= 11 is 0. The fourth-order valence-electron chi connectivity index (χ4n) is 3.39. The Morgan fingerprint density at radius 3 is 2.65 bits per heavy atom. The van der Waals surface area contributed by atoms with Gasteiger partial charge in [0.25, 0.3) is 0 Å². The molecule has 0 aromatic heterocycles. The minimum atomic E-state index is 0.260. The second-order valence-corrected chi connectivity index (χ2v) is 7.09. The highest BCUT2D eigenvalue weighted by atomic mass is 16.3. The summed E-state index contributed by atoms with van der Waals surface area (Å²) in [4.78, 5) is 0. The summed E-state index contributed by atoms with van der Waals surface area (Å²) in [5, 5.41) is 13.0. The first-order valence-electron chi connectivity index (χ1n) is 7.92. The van der Waals surface area contributed by atoms with Gasteiger partial charge in [0.15, 0.2) is 0 Å². The normalized spacial score (nSPS) is 22.6. The van der Waals surface area contributed by atoms with E-state index in [4.69, 9.17) is 0 Å². The van der Waals surface area contributed by atoms with Gasteiger partial charge < -0.3 is 10.4 Å². The largest absolute Gasteiger partial charge is 0.396 e. The summed E-state index contributed by atoms with van der Waals surface area (Å²) in [6, 6.07) is 9.66. The first-order chi connectivity index (χ1) is 9.45. The van der Waals surface area contributed by atoms with Gasteiger partial charge in [0.1, 0.15) is 0 Å². The Morgan fingerprint density at radius 2 is 2.00 bits per heavy atom. The molecule has 0 radical (unpaired) electrons. The second kappa shape index (κ2) is 6.28. The first-order valence-corrected chi connectivity index (χ1v) is 7.92. The lowest BCUT2D eigenvalue weighted by Gasteiger charge is -2.39. The molecule has 0 aliphatic heterocycles. The van der Waals surface area contributed by atoms with Crippen LogP contribution in [-0.2, 0) is 5.41 Å². The molecule has 1 aromatic carbocycles. The molecule has 0 amide bonds. The van der Waals surface area contributed by atoms with Crippen LogP contribution in [0.3, 0.4) is 0 Å². The molecular formula is C18H29NO. The Morgan fingerprint density at radius 1 is 1.30 bits per heavy atom. The van der Waals surface area contributed by atoms with Crippen molar-refractivity contribution in [1.82, 2.24) is 5.32 Å². The minimum absolute atomic E-state index is 0.260. The van der Waals surface area contributed by atoms with E-state index in [0.29, 0.717) is 18.0 Å². The maximum absolute atomic E-state index is 9.25. The third-order valence-electron chi connectivity index (χ3n) is 4.78. The first kappa shape index (κ1) is 15.5. The molecule has 0 spiro atoms. The SMILES string of the molecule is CC(C)C(CCO)NC1CCC(C)(C)c2ccccc21. The van der Waals surface area contributed by atoms with Crippen molar-refractivity contribution in [2.75, 3.05) is 6.61 Å². The molecule has 2 heteroatoms. The average Bonchev–Trinajstić information content (AvgIpc) is 2.41. The summed E-state index contributed by atoms with van der Waals surface area (Å²) in [5.41, 5.74) is 3.21. The summed E-state index contributed by atoms with van der Waals surface area (Å²) in [6.45, 7) is 9.40. The topological polar surface area (TPSA) is 32.3 Å². The van der Waals surface area contributed by atoms with Gasteiger partial charge in [0.05, 0.1) is 0 Å². The van der Waals surface area contributed by atoms with E-state index in [1.807, 2.05) is 0 Å². The van der Waals surface area contributed by atoms with Gasteiger partial charge in [-0.2, -0.15) is 0 Å². The number of hydrogen-bond donors (Lipinski definition) is 2. The zero-order chi connectivity index (χ0) is 14.8. The molecule has 2 N–H and O–H groups in total. The predicted molar refractivity (Wildman–Crippen MR) is 84.9 cm³/mol. The number of nitrogens with one attached hydrogen (secondary N) is 1. The maximum atomic E-state index is 9.25. The van der Waals surface area contributed by atoms with Crippen LogP contribution in [-0.4, -0.2) is 17.8 Å². The second-order valence-electron chi connectivity index (χ2n) is 7.09. The molecule has 2 atom stereocenters. The van der Waals surface area contributed by atoms with E-state index in [-0.39, 0.29) is 12.0 Å². The Bertz CT molecular complexity index is 439. The molecule has 20 heavy (non-hydrogen) atoms. The van der Waals surface area contributed by atoms with Crippen LogP contribution < -0.4 is 5.32 Å². The molecule has 0 saturated heterocycles. The van der Waals surface area contributed by atoms with Gasteiger partial charge >= 0.3 is 0 Å². The van der Waals surface area contributed by atoms with Crippen LogP contribution in [0.2, 0.25) is 0 Å². The summed E-state index contributed by atoms with van der Waals surface area (Å²) in [6.07, 6.45) is 3.23. The van der Waals surface area contributed by atoms with Crippen molar-refractivity contribution < 1.29 is 5.11 Å². The third-order valence-corrected chi connectivity index (χ3v) is 4.78. The van der Waals surface area contributed by atoms with E-state index in [0.717, 1.165) is 6.42 Å². The van der Waals surface area contributed by atoms with Gasteiger partial charge in [-0.3, -0.25) is 0 Å². The van der Waals surface area contributed by atoms with Gasteiger partial charge in [0.2, 0.25) is 0 Å². The Labute approximate surface area is 123 Å². The van der Waals surface area contributed by atoms with E-state index >= 15 is 0 Å². The lowest BCUT2D eigenvalue weighted by atomic mass is 9.71. The predicted octanol–water partition coefficient (Wildman–Crippen LogP) is 3.80. The highest BCUT2D eigenvalue weighted by molar-refractivity contribution is 5.38. The number of aliphatic hydroxyl groups is 1.